The lowest BCUT2D eigenvalue weighted by molar-refractivity contribution is -0.134. The number of ether oxygens (including phenoxy) is 2. The van der Waals surface area contributed by atoms with Crippen LogP contribution in [0.1, 0.15) is 66.1 Å². The molecule has 1 aromatic heterocycles. The van der Waals surface area contributed by atoms with Crippen LogP contribution in [0.5, 0.6) is 5.75 Å². The van der Waals surface area contributed by atoms with E-state index >= 15 is 0 Å². The van der Waals surface area contributed by atoms with E-state index in [9.17, 15) is 14.4 Å². The third-order valence-corrected chi connectivity index (χ3v) is 6.52. The molecular formula is C24H30N4O5. The van der Waals surface area contributed by atoms with Gasteiger partial charge in [-0.05, 0) is 32.8 Å². The van der Waals surface area contributed by atoms with Crippen molar-refractivity contribution in [3.8, 4) is 5.75 Å². The molecule has 33 heavy (non-hydrogen) atoms. The zero-order chi connectivity index (χ0) is 23.6. The number of aromatic nitrogens is 2. The predicted octanol–water partition coefficient (Wildman–Crippen LogP) is 2.54. The number of imidazole rings is 1. The quantitative estimate of drug-likeness (QED) is 0.645. The maximum absolute atomic E-state index is 13.8. The summed E-state index contributed by atoms with van der Waals surface area (Å²) in [5, 5.41) is 3.15. The summed E-state index contributed by atoms with van der Waals surface area (Å²) in [5.74, 6) is -0.700. The first-order valence-electron chi connectivity index (χ1n) is 11.4. The largest absolute Gasteiger partial charge is 0.494 e. The monoisotopic (exact) mass is 454 g/mol. The van der Waals surface area contributed by atoms with E-state index in [1.54, 1.807) is 11.5 Å². The van der Waals surface area contributed by atoms with Gasteiger partial charge in [0.1, 0.15) is 17.0 Å². The van der Waals surface area contributed by atoms with E-state index in [0.717, 1.165) is 31.2 Å². The average molecular weight is 455 g/mol. The lowest BCUT2D eigenvalue weighted by atomic mass is 9.93. The molecule has 0 saturated heterocycles. The van der Waals surface area contributed by atoms with Gasteiger partial charge in [0.2, 0.25) is 5.91 Å². The van der Waals surface area contributed by atoms with E-state index in [1.807, 2.05) is 31.2 Å². The number of fused-ring (bicyclic) bond motifs is 1. The van der Waals surface area contributed by atoms with Gasteiger partial charge in [-0.3, -0.25) is 9.59 Å². The van der Waals surface area contributed by atoms with Gasteiger partial charge >= 0.3 is 5.97 Å². The van der Waals surface area contributed by atoms with Gasteiger partial charge in [0.15, 0.2) is 5.69 Å². The number of nitrogens with zero attached hydrogens (tertiary/aromatic N) is 3. The number of carbonyl (C=O) groups excluding carboxylic acids is 3. The summed E-state index contributed by atoms with van der Waals surface area (Å²) in [7, 11) is 1.25. The third-order valence-electron chi connectivity index (χ3n) is 6.52. The number of para-hydroxylation sites is 1. The highest BCUT2D eigenvalue weighted by Crippen LogP contribution is 2.33. The van der Waals surface area contributed by atoms with Gasteiger partial charge in [-0.25, -0.2) is 9.78 Å². The van der Waals surface area contributed by atoms with Crippen LogP contribution < -0.4 is 10.1 Å². The van der Waals surface area contributed by atoms with Crippen LogP contribution in [-0.4, -0.2) is 57.5 Å². The second kappa shape index (κ2) is 9.25. The van der Waals surface area contributed by atoms with Crippen molar-refractivity contribution in [2.45, 2.75) is 64.2 Å². The topological polar surface area (TPSA) is 103 Å². The Balaban J connectivity index is 1.75. The molecule has 1 atom stereocenters. The van der Waals surface area contributed by atoms with E-state index in [1.165, 1.54) is 18.3 Å². The fraction of sp³-hybridized carbons (Fsp3) is 0.500. The highest BCUT2D eigenvalue weighted by Gasteiger charge is 2.49. The average Bonchev–Trinajstić information content (AvgIpc) is 3.47. The molecule has 1 unspecified atom stereocenters. The molecule has 2 aliphatic rings. The molecule has 2 amide bonds. The molecule has 176 valence electrons. The number of nitrogens with one attached hydrogen (secondary N) is 1. The van der Waals surface area contributed by atoms with Gasteiger partial charge in [0.25, 0.3) is 5.91 Å². The van der Waals surface area contributed by atoms with E-state index in [4.69, 9.17) is 9.47 Å². The molecule has 1 N–H and O–H groups in total. The van der Waals surface area contributed by atoms with E-state index in [-0.39, 0.29) is 36.4 Å². The first kappa shape index (κ1) is 22.8. The second-order valence-electron chi connectivity index (χ2n) is 8.72. The molecule has 1 aliphatic heterocycles. The fourth-order valence-corrected chi connectivity index (χ4v) is 4.69. The van der Waals surface area contributed by atoms with Crippen LogP contribution in [0, 0.1) is 0 Å². The summed E-state index contributed by atoms with van der Waals surface area (Å²) in [5.41, 5.74) is -0.328. The van der Waals surface area contributed by atoms with Gasteiger partial charge in [0, 0.05) is 11.6 Å². The zero-order valence-electron chi connectivity index (χ0n) is 19.3. The van der Waals surface area contributed by atoms with Crippen LogP contribution >= 0.6 is 0 Å². The number of methoxy groups -OCH3 is 1. The highest BCUT2D eigenvalue weighted by molar-refractivity contribution is 6.06. The van der Waals surface area contributed by atoms with E-state index in [0.29, 0.717) is 12.4 Å². The Bertz CT molecular complexity index is 1060. The molecule has 9 heteroatoms. The number of hydrogen-bond acceptors (Lipinski definition) is 6. The molecular weight excluding hydrogens is 424 g/mol. The number of rotatable bonds is 7. The second-order valence-corrected chi connectivity index (χ2v) is 8.72. The Labute approximate surface area is 193 Å². The van der Waals surface area contributed by atoms with Crippen LogP contribution in [0.4, 0.5) is 0 Å². The third kappa shape index (κ3) is 4.19. The molecule has 0 spiro atoms. The predicted molar refractivity (Wildman–Crippen MR) is 120 cm³/mol. The van der Waals surface area contributed by atoms with Crippen molar-refractivity contribution < 1.29 is 23.9 Å². The molecule has 1 aromatic carbocycles. The lowest BCUT2D eigenvalue weighted by Crippen LogP contribution is -2.64. The lowest BCUT2D eigenvalue weighted by Gasteiger charge is -2.44. The summed E-state index contributed by atoms with van der Waals surface area (Å²) in [6.45, 7) is 4.45. The van der Waals surface area contributed by atoms with Crippen LogP contribution in [0.25, 0.3) is 0 Å². The molecule has 2 heterocycles. The van der Waals surface area contributed by atoms with Crippen molar-refractivity contribution in [2.24, 2.45) is 0 Å². The molecule has 1 saturated carbocycles. The first-order valence-corrected chi connectivity index (χ1v) is 11.4. The summed E-state index contributed by atoms with van der Waals surface area (Å²) in [6.07, 6.45) is 5.46. The Morgan fingerprint density at radius 1 is 1.24 bits per heavy atom. The molecule has 1 fully saturated rings. The summed E-state index contributed by atoms with van der Waals surface area (Å²) >= 11 is 0. The molecule has 9 nitrogen and oxygen atoms in total. The van der Waals surface area contributed by atoms with Crippen molar-refractivity contribution >= 4 is 17.8 Å². The summed E-state index contributed by atoms with van der Waals surface area (Å²) in [6, 6.07) is 7.56. The number of hydrogen-bond donors (Lipinski definition) is 1. The molecule has 0 radical (unpaired) electrons. The minimum atomic E-state index is -1.18. The zero-order valence-corrected chi connectivity index (χ0v) is 19.3. The standard InChI is InChI=1S/C24H30N4O5/c1-4-33-18-12-8-5-9-16(18)13-28-21(29)20-19(22(30)32-3)25-15-27(20)14-24(28,2)23(31)26-17-10-6-7-11-17/h5,8-9,12,15,17H,4,6-7,10-11,13-14H2,1-3H3,(H,26,31). The molecule has 2 aromatic rings. The first-order chi connectivity index (χ1) is 15.9. The van der Waals surface area contributed by atoms with Crippen LogP contribution in [0.15, 0.2) is 30.6 Å². The number of carbonyl (C=O) groups is 3. The van der Waals surface area contributed by atoms with Gasteiger partial charge in [0.05, 0.1) is 33.1 Å². The SMILES string of the molecule is CCOc1ccccc1CN1C(=O)c2c(C(=O)OC)ncn2CC1(C)C(=O)NC1CCCC1. The van der Waals surface area contributed by atoms with Crippen molar-refractivity contribution in [1.29, 1.82) is 0 Å². The molecule has 4 rings (SSSR count). The van der Waals surface area contributed by atoms with E-state index < -0.39 is 17.4 Å². The van der Waals surface area contributed by atoms with Crippen molar-refractivity contribution in [3.05, 3.63) is 47.5 Å². The maximum Gasteiger partial charge on any atom is 0.359 e. The van der Waals surface area contributed by atoms with Crippen LogP contribution in [-0.2, 0) is 22.6 Å². The minimum Gasteiger partial charge on any atom is -0.494 e. The molecule has 1 aliphatic carbocycles. The normalized spacial score (nSPS) is 20.5. The minimum absolute atomic E-state index is 0.0520. The summed E-state index contributed by atoms with van der Waals surface area (Å²) in [4.78, 5) is 45.3. The fourth-order valence-electron chi connectivity index (χ4n) is 4.69. The summed E-state index contributed by atoms with van der Waals surface area (Å²) < 4.78 is 12.1. The Kier molecular flexibility index (Phi) is 6.40. The Morgan fingerprint density at radius 3 is 2.67 bits per heavy atom. The van der Waals surface area contributed by atoms with Crippen molar-refractivity contribution in [2.75, 3.05) is 13.7 Å². The molecule has 0 bridgehead atoms. The maximum atomic E-state index is 13.8. The number of benzene rings is 1. The van der Waals surface area contributed by atoms with E-state index in [2.05, 4.69) is 10.3 Å². The van der Waals surface area contributed by atoms with Crippen LogP contribution in [0.3, 0.4) is 0 Å². The smallest absolute Gasteiger partial charge is 0.359 e. The Hall–Kier alpha value is -3.36. The van der Waals surface area contributed by atoms with Crippen LogP contribution in [0.2, 0.25) is 0 Å². The number of amides is 2. The van der Waals surface area contributed by atoms with Gasteiger partial charge in [-0.2, -0.15) is 0 Å². The van der Waals surface area contributed by atoms with Gasteiger partial charge in [-0.1, -0.05) is 31.0 Å². The Morgan fingerprint density at radius 2 is 1.97 bits per heavy atom. The highest BCUT2D eigenvalue weighted by atomic mass is 16.5. The van der Waals surface area contributed by atoms with Crippen molar-refractivity contribution in [1.82, 2.24) is 19.8 Å². The van der Waals surface area contributed by atoms with Crippen molar-refractivity contribution in [3.63, 3.8) is 0 Å². The van der Waals surface area contributed by atoms with Gasteiger partial charge < -0.3 is 24.3 Å². The number of esters is 1. The van der Waals surface area contributed by atoms with Gasteiger partial charge in [-0.15, -0.1) is 0 Å².